The molecule has 0 bridgehead atoms. The van der Waals surface area contributed by atoms with E-state index in [1.165, 1.54) is 40.6 Å². The molecule has 1 N–H and O–H groups in total. The molecule has 2 rings (SSSR count). The van der Waals surface area contributed by atoms with Crippen molar-refractivity contribution in [1.29, 1.82) is 0 Å². The van der Waals surface area contributed by atoms with E-state index in [0.717, 1.165) is 14.2 Å². The maximum absolute atomic E-state index is 12.9. The van der Waals surface area contributed by atoms with Crippen molar-refractivity contribution in [3.05, 3.63) is 23.8 Å². The van der Waals surface area contributed by atoms with Crippen LogP contribution in [0.1, 0.15) is 30.6 Å². The Balaban J connectivity index is 0.000000563. The van der Waals surface area contributed by atoms with E-state index in [-0.39, 0.29) is 30.9 Å². The van der Waals surface area contributed by atoms with Crippen LogP contribution in [0.4, 0.5) is 0 Å². The lowest BCUT2D eigenvalue weighted by Gasteiger charge is -2.25. The number of rotatable bonds is 12. The molecule has 0 spiro atoms. The Morgan fingerprint density at radius 3 is 1.52 bits per heavy atom. The van der Waals surface area contributed by atoms with Gasteiger partial charge in [-0.2, -0.15) is 0 Å². The van der Waals surface area contributed by atoms with Crippen LogP contribution in [0.25, 0.3) is 0 Å². The molecule has 1 aromatic rings. The second-order valence-corrected chi connectivity index (χ2v) is 9.33. The van der Waals surface area contributed by atoms with E-state index in [2.05, 4.69) is 4.74 Å². The number of esters is 5. The molecule has 14 nitrogen and oxygen atoms in total. The van der Waals surface area contributed by atoms with E-state index >= 15 is 0 Å². The van der Waals surface area contributed by atoms with E-state index in [9.17, 15) is 29.1 Å². The molecule has 1 saturated carbocycles. The van der Waals surface area contributed by atoms with Gasteiger partial charge in [0.25, 0.3) is 0 Å². The van der Waals surface area contributed by atoms with Gasteiger partial charge in [0.1, 0.15) is 29.3 Å². The Bertz CT molecular complexity index is 1020. The minimum absolute atomic E-state index is 0.101. The van der Waals surface area contributed by atoms with Crippen molar-refractivity contribution in [3.8, 4) is 11.5 Å². The van der Waals surface area contributed by atoms with E-state index in [0.29, 0.717) is 5.75 Å². The summed E-state index contributed by atoms with van der Waals surface area (Å²) in [5.74, 6) is -7.91. The fourth-order valence-corrected chi connectivity index (χ4v) is 4.49. The van der Waals surface area contributed by atoms with Crippen molar-refractivity contribution in [2.75, 3.05) is 55.9 Å². The van der Waals surface area contributed by atoms with Gasteiger partial charge in [-0.15, -0.1) is 0 Å². The fraction of sp³-hybridized carbons (Fsp3) is 0.607. The highest BCUT2D eigenvalue weighted by Gasteiger charge is 2.58. The number of ether oxygens (including phenoxy) is 8. The van der Waals surface area contributed by atoms with Gasteiger partial charge in [-0.05, 0) is 32.4 Å². The largest absolute Gasteiger partial charge is 0.507 e. The predicted molar refractivity (Wildman–Crippen MR) is 143 cm³/mol. The summed E-state index contributed by atoms with van der Waals surface area (Å²) in [6.07, 6.45) is -1.34. The van der Waals surface area contributed by atoms with E-state index in [1.54, 1.807) is 19.9 Å². The molecule has 14 heteroatoms. The smallest absolute Gasteiger partial charge is 0.341 e. The van der Waals surface area contributed by atoms with E-state index in [4.69, 9.17) is 33.2 Å². The van der Waals surface area contributed by atoms with Gasteiger partial charge >= 0.3 is 29.8 Å². The summed E-state index contributed by atoms with van der Waals surface area (Å²) in [4.78, 5) is 61.4. The van der Waals surface area contributed by atoms with Crippen LogP contribution in [0.5, 0.6) is 11.5 Å². The van der Waals surface area contributed by atoms with Gasteiger partial charge in [0.15, 0.2) is 0 Å². The van der Waals surface area contributed by atoms with Crippen LogP contribution < -0.4 is 4.74 Å². The van der Waals surface area contributed by atoms with Gasteiger partial charge in [-0.25, -0.2) is 4.79 Å². The van der Waals surface area contributed by atoms with Crippen molar-refractivity contribution in [2.45, 2.75) is 32.5 Å². The Morgan fingerprint density at radius 1 is 0.738 bits per heavy atom. The first kappa shape index (κ1) is 36.1. The van der Waals surface area contributed by atoms with Crippen LogP contribution in [0.15, 0.2) is 18.2 Å². The average Bonchev–Trinajstić information content (AvgIpc) is 3.37. The molecule has 0 saturated heterocycles. The first-order valence-electron chi connectivity index (χ1n) is 12.9. The molecule has 6 atom stereocenters. The summed E-state index contributed by atoms with van der Waals surface area (Å²) >= 11 is 0. The minimum Gasteiger partial charge on any atom is -0.507 e. The number of methoxy groups -OCH3 is 6. The molecular weight excluding hydrogens is 560 g/mol. The summed E-state index contributed by atoms with van der Waals surface area (Å²) in [6.45, 7) is 3.47. The molecule has 1 fully saturated rings. The maximum Gasteiger partial charge on any atom is 0.341 e. The standard InChI is InChI=1S/C19H30O10.C9H10O4/c1-10(8-24-3)28-18(22)14-12(16(20)26-5)7-13(17(21)27-6)15(14)19(23)29-11(2)9-25-4;1-12-6-3-4-7(8(10)5-6)9(11)13-2/h10-15H,7-9H2,1-6H3;3-5,10H,1-2H3. The van der Waals surface area contributed by atoms with Gasteiger partial charge in [0, 0.05) is 20.3 Å². The van der Waals surface area contributed by atoms with Crippen LogP contribution in [0.2, 0.25) is 0 Å². The molecule has 236 valence electrons. The lowest BCUT2D eigenvalue weighted by molar-refractivity contribution is -0.173. The molecular formula is C28H40O14. The first-order chi connectivity index (χ1) is 19.9. The second-order valence-electron chi connectivity index (χ2n) is 9.33. The summed E-state index contributed by atoms with van der Waals surface area (Å²) in [5.41, 5.74) is 0.128. The molecule has 6 unspecified atom stereocenters. The third-order valence-corrected chi connectivity index (χ3v) is 6.36. The van der Waals surface area contributed by atoms with Crippen molar-refractivity contribution in [2.24, 2.45) is 23.7 Å². The van der Waals surface area contributed by atoms with Crippen LogP contribution in [-0.2, 0) is 52.3 Å². The topological polar surface area (TPSA) is 179 Å². The zero-order valence-corrected chi connectivity index (χ0v) is 25.1. The summed E-state index contributed by atoms with van der Waals surface area (Å²) in [6, 6.07) is 4.37. The van der Waals surface area contributed by atoms with Gasteiger partial charge in [0.05, 0.1) is 65.3 Å². The Kier molecular flexibility index (Phi) is 15.3. The van der Waals surface area contributed by atoms with Crippen LogP contribution >= 0.6 is 0 Å². The summed E-state index contributed by atoms with van der Waals surface area (Å²) in [7, 11) is 7.96. The van der Waals surface area contributed by atoms with Gasteiger partial charge in [-0.3, -0.25) is 19.2 Å². The quantitative estimate of drug-likeness (QED) is 0.270. The lowest BCUT2D eigenvalue weighted by atomic mass is 9.86. The van der Waals surface area contributed by atoms with Gasteiger partial charge in [0.2, 0.25) is 0 Å². The molecule has 0 aromatic heterocycles. The number of benzene rings is 1. The third kappa shape index (κ3) is 9.87. The molecule has 1 aromatic carbocycles. The van der Waals surface area contributed by atoms with Crippen LogP contribution in [0.3, 0.4) is 0 Å². The highest BCUT2D eigenvalue weighted by atomic mass is 16.6. The van der Waals surface area contributed by atoms with Crippen molar-refractivity contribution >= 4 is 29.8 Å². The molecule has 0 amide bonds. The molecule has 42 heavy (non-hydrogen) atoms. The SMILES string of the molecule is COC(=O)c1ccc(OC)cc1O.COCC(C)OC(=O)C1C(C(=O)OC)CC(C(=O)OC)C1C(=O)OC(C)COC. The number of phenolic OH excluding ortho intramolecular Hbond substituents is 1. The van der Waals surface area contributed by atoms with Gasteiger partial charge in [-0.1, -0.05) is 0 Å². The average molecular weight is 601 g/mol. The maximum atomic E-state index is 12.9. The molecule has 0 heterocycles. The fourth-order valence-electron chi connectivity index (χ4n) is 4.49. The Labute approximate surface area is 244 Å². The zero-order valence-electron chi connectivity index (χ0n) is 25.1. The normalized spacial score (nSPS) is 20.6. The first-order valence-corrected chi connectivity index (χ1v) is 12.9. The van der Waals surface area contributed by atoms with E-state index < -0.39 is 65.7 Å². The molecule has 0 radical (unpaired) electrons. The second kappa shape index (κ2) is 17.8. The molecule has 0 aliphatic heterocycles. The highest BCUT2D eigenvalue weighted by molar-refractivity contribution is 5.93. The minimum atomic E-state index is -1.26. The Morgan fingerprint density at radius 2 is 1.19 bits per heavy atom. The number of carbonyl (C=O) groups is 5. The monoisotopic (exact) mass is 600 g/mol. The lowest BCUT2D eigenvalue weighted by Crippen LogP contribution is -2.40. The van der Waals surface area contributed by atoms with Crippen molar-refractivity contribution in [3.63, 3.8) is 0 Å². The molecule has 1 aliphatic carbocycles. The number of aromatic hydroxyl groups is 1. The number of hydrogen-bond donors (Lipinski definition) is 1. The van der Waals surface area contributed by atoms with Crippen molar-refractivity contribution < 1.29 is 67.0 Å². The van der Waals surface area contributed by atoms with Crippen molar-refractivity contribution in [1.82, 2.24) is 0 Å². The van der Waals surface area contributed by atoms with E-state index in [1.807, 2.05) is 0 Å². The summed E-state index contributed by atoms with van der Waals surface area (Å²) in [5, 5.41) is 9.34. The predicted octanol–water partition coefficient (Wildman–Crippen LogP) is 1.54. The van der Waals surface area contributed by atoms with Crippen LogP contribution in [0, 0.1) is 23.7 Å². The number of carbonyl (C=O) groups excluding carboxylic acids is 5. The zero-order chi connectivity index (χ0) is 32.0. The summed E-state index contributed by atoms with van der Waals surface area (Å²) < 4.78 is 39.4. The van der Waals surface area contributed by atoms with Gasteiger partial charge < -0.3 is 43.0 Å². The molecule has 1 aliphatic rings. The Hall–Kier alpha value is -3.91. The number of phenols is 1. The third-order valence-electron chi connectivity index (χ3n) is 6.36. The van der Waals surface area contributed by atoms with Crippen LogP contribution in [-0.4, -0.2) is 103 Å². The number of hydrogen-bond acceptors (Lipinski definition) is 14. The highest BCUT2D eigenvalue weighted by Crippen LogP contribution is 2.44.